The van der Waals surface area contributed by atoms with Crippen molar-refractivity contribution in [2.24, 2.45) is 29.6 Å². The summed E-state index contributed by atoms with van der Waals surface area (Å²) in [6, 6.07) is 0. The zero-order chi connectivity index (χ0) is 21.3. The van der Waals surface area contributed by atoms with Crippen molar-refractivity contribution in [1.29, 1.82) is 0 Å². The molecule has 0 aliphatic heterocycles. The second kappa shape index (κ2) is 12.4. The molecule has 3 fully saturated rings. The number of rotatable bonds is 10. The Kier molecular flexibility index (Phi) is 9.90. The van der Waals surface area contributed by atoms with E-state index in [1.54, 1.807) is 0 Å². The van der Waals surface area contributed by atoms with E-state index in [-0.39, 0.29) is 18.1 Å². The summed E-state index contributed by atoms with van der Waals surface area (Å²) in [7, 11) is 0. The van der Waals surface area contributed by atoms with Crippen LogP contribution in [0.2, 0.25) is 0 Å². The highest BCUT2D eigenvalue weighted by Gasteiger charge is 2.39. The maximum absolute atomic E-state index is 15.0. The quantitative estimate of drug-likeness (QED) is 0.273. The van der Waals surface area contributed by atoms with Gasteiger partial charge in [-0.15, -0.1) is 13.2 Å². The molecule has 3 heteroatoms. The highest BCUT2D eigenvalue weighted by Crippen LogP contribution is 2.42. The Labute approximate surface area is 184 Å². The number of unbranched alkanes of at least 4 members (excludes halogenated alkanes) is 1. The van der Waals surface area contributed by atoms with Crippen molar-refractivity contribution in [3.8, 4) is 0 Å². The fourth-order valence-electron chi connectivity index (χ4n) is 6.11. The molecule has 3 rings (SSSR count). The van der Waals surface area contributed by atoms with Crippen molar-refractivity contribution in [3.05, 3.63) is 25.3 Å². The largest absolute Gasteiger partial charge is 0.378 e. The van der Waals surface area contributed by atoms with Crippen molar-refractivity contribution in [3.63, 3.8) is 0 Å². The van der Waals surface area contributed by atoms with E-state index in [2.05, 4.69) is 19.2 Å². The normalized spacial score (nSPS) is 40.1. The number of ether oxygens (including phenoxy) is 2. The van der Waals surface area contributed by atoms with Crippen molar-refractivity contribution < 1.29 is 13.9 Å². The van der Waals surface area contributed by atoms with Crippen LogP contribution in [0.4, 0.5) is 4.39 Å². The summed E-state index contributed by atoms with van der Waals surface area (Å²) in [6.07, 6.45) is 17.3. The molecule has 0 heterocycles. The summed E-state index contributed by atoms with van der Waals surface area (Å²) in [5.74, 6) is 3.15. The van der Waals surface area contributed by atoms with Crippen molar-refractivity contribution >= 4 is 0 Å². The topological polar surface area (TPSA) is 18.5 Å². The average Bonchev–Trinajstić information content (AvgIpc) is 2.79. The van der Waals surface area contributed by atoms with E-state index in [4.69, 9.17) is 9.47 Å². The number of alkyl halides is 1. The van der Waals surface area contributed by atoms with E-state index in [0.29, 0.717) is 12.5 Å². The summed E-state index contributed by atoms with van der Waals surface area (Å²) < 4.78 is 27.1. The zero-order valence-electron chi connectivity index (χ0n) is 19.3. The number of allylic oxidation sites excluding steroid dienone is 2. The van der Waals surface area contributed by atoms with Gasteiger partial charge in [-0.1, -0.05) is 19.1 Å². The Morgan fingerprint density at radius 2 is 1.47 bits per heavy atom. The van der Waals surface area contributed by atoms with Crippen molar-refractivity contribution in [2.75, 3.05) is 13.2 Å². The van der Waals surface area contributed by atoms with Crippen LogP contribution in [0.15, 0.2) is 25.3 Å². The fraction of sp³-hybridized carbons (Fsp3) is 0.852. The first-order valence-electron chi connectivity index (χ1n) is 12.7. The Morgan fingerprint density at radius 1 is 0.833 bits per heavy atom. The Bertz CT molecular complexity index is 505. The molecule has 0 amide bonds. The Hall–Kier alpha value is -0.670. The zero-order valence-corrected chi connectivity index (χ0v) is 19.3. The third kappa shape index (κ3) is 6.66. The molecule has 4 atom stereocenters. The van der Waals surface area contributed by atoms with Crippen LogP contribution in [0.1, 0.15) is 84.0 Å². The van der Waals surface area contributed by atoms with E-state index < -0.39 is 6.17 Å². The molecule has 30 heavy (non-hydrogen) atoms. The second-order valence-electron chi connectivity index (χ2n) is 10.3. The molecule has 3 saturated carbocycles. The second-order valence-corrected chi connectivity index (χ2v) is 10.3. The minimum absolute atomic E-state index is 0.0382. The Morgan fingerprint density at radius 3 is 2.10 bits per heavy atom. The van der Waals surface area contributed by atoms with Gasteiger partial charge in [-0.2, -0.15) is 0 Å². The number of hydrogen-bond acceptors (Lipinski definition) is 2. The van der Waals surface area contributed by atoms with E-state index in [1.807, 2.05) is 13.0 Å². The van der Waals surface area contributed by atoms with Crippen LogP contribution < -0.4 is 0 Å². The first-order valence-corrected chi connectivity index (χ1v) is 12.7. The van der Waals surface area contributed by atoms with Gasteiger partial charge < -0.3 is 9.47 Å². The number of hydrogen-bond donors (Lipinski definition) is 0. The minimum Gasteiger partial charge on any atom is -0.378 e. The summed E-state index contributed by atoms with van der Waals surface area (Å²) >= 11 is 0. The van der Waals surface area contributed by atoms with Gasteiger partial charge in [0, 0.05) is 19.1 Å². The van der Waals surface area contributed by atoms with Gasteiger partial charge in [0.15, 0.2) is 0 Å². The first kappa shape index (κ1) is 24.0. The third-order valence-electron chi connectivity index (χ3n) is 8.32. The van der Waals surface area contributed by atoms with Crippen LogP contribution in [0, 0.1) is 29.6 Å². The molecule has 0 aromatic rings. The van der Waals surface area contributed by atoms with Crippen LogP contribution in [-0.4, -0.2) is 31.6 Å². The molecule has 4 unspecified atom stereocenters. The van der Waals surface area contributed by atoms with Crippen LogP contribution >= 0.6 is 0 Å². The van der Waals surface area contributed by atoms with Crippen LogP contribution in [0.3, 0.4) is 0 Å². The smallest absolute Gasteiger partial charge is 0.131 e. The van der Waals surface area contributed by atoms with E-state index in [9.17, 15) is 4.39 Å². The molecule has 0 N–H and O–H groups in total. The van der Waals surface area contributed by atoms with Gasteiger partial charge in [-0.3, -0.25) is 0 Å². The van der Waals surface area contributed by atoms with Crippen molar-refractivity contribution in [1.82, 2.24) is 0 Å². The SMILES string of the molecule is C=CCCCOC1CCC(OCC2CCC(C3CCC(C=C)CC3)CC2)C(F)C1C. The highest BCUT2D eigenvalue weighted by molar-refractivity contribution is 4.89. The van der Waals surface area contributed by atoms with Gasteiger partial charge in [0.1, 0.15) is 6.17 Å². The molecule has 172 valence electrons. The van der Waals surface area contributed by atoms with Crippen molar-refractivity contribution in [2.45, 2.75) is 102 Å². The average molecular weight is 421 g/mol. The third-order valence-corrected chi connectivity index (χ3v) is 8.32. The van der Waals surface area contributed by atoms with Gasteiger partial charge in [0.25, 0.3) is 0 Å². The van der Waals surface area contributed by atoms with E-state index in [1.165, 1.54) is 51.4 Å². The van der Waals surface area contributed by atoms with Gasteiger partial charge in [-0.05, 0) is 101 Å². The lowest BCUT2D eigenvalue weighted by molar-refractivity contribution is -0.112. The van der Waals surface area contributed by atoms with Gasteiger partial charge in [0.2, 0.25) is 0 Å². The lowest BCUT2D eigenvalue weighted by atomic mass is 9.69. The maximum atomic E-state index is 15.0. The van der Waals surface area contributed by atoms with Crippen LogP contribution in [0.5, 0.6) is 0 Å². The lowest BCUT2D eigenvalue weighted by Gasteiger charge is -2.39. The summed E-state index contributed by atoms with van der Waals surface area (Å²) in [4.78, 5) is 0. The molecule has 0 bridgehead atoms. The fourth-order valence-corrected chi connectivity index (χ4v) is 6.11. The van der Waals surface area contributed by atoms with Gasteiger partial charge >= 0.3 is 0 Å². The molecular weight excluding hydrogens is 375 g/mol. The predicted molar refractivity (Wildman–Crippen MR) is 123 cm³/mol. The molecule has 0 aromatic heterocycles. The summed E-state index contributed by atoms with van der Waals surface area (Å²) in [5, 5.41) is 0. The molecule has 0 saturated heterocycles. The summed E-state index contributed by atoms with van der Waals surface area (Å²) in [5.41, 5.74) is 0. The lowest BCUT2D eigenvalue weighted by Crippen LogP contribution is -2.44. The first-order chi connectivity index (χ1) is 14.6. The standard InChI is InChI=1S/C27H45FO2/c1-4-6-7-18-29-25-16-17-26(27(28)20(25)3)30-19-22-10-14-24(15-11-22)23-12-8-21(5-2)9-13-23/h4-5,20-27H,1-2,6-19H2,3H3. The molecule has 2 nitrogen and oxygen atoms in total. The predicted octanol–water partition coefficient (Wildman–Crippen LogP) is 7.29. The van der Waals surface area contributed by atoms with E-state index in [0.717, 1.165) is 50.0 Å². The minimum atomic E-state index is -0.903. The highest BCUT2D eigenvalue weighted by atomic mass is 19.1. The van der Waals surface area contributed by atoms with Crippen LogP contribution in [0.25, 0.3) is 0 Å². The summed E-state index contributed by atoms with van der Waals surface area (Å²) in [6.45, 7) is 11.2. The van der Waals surface area contributed by atoms with Crippen LogP contribution in [-0.2, 0) is 9.47 Å². The molecule has 3 aliphatic rings. The number of halogens is 1. The van der Waals surface area contributed by atoms with Gasteiger partial charge in [0.05, 0.1) is 12.2 Å². The Balaban J connectivity index is 1.33. The molecule has 0 aromatic carbocycles. The van der Waals surface area contributed by atoms with Gasteiger partial charge in [-0.25, -0.2) is 4.39 Å². The maximum Gasteiger partial charge on any atom is 0.131 e. The molecule has 0 spiro atoms. The monoisotopic (exact) mass is 420 g/mol. The molecule has 3 aliphatic carbocycles. The van der Waals surface area contributed by atoms with E-state index >= 15 is 0 Å². The molecular formula is C27H45FO2. The molecule has 0 radical (unpaired) electrons.